The first-order valence-electron chi connectivity index (χ1n) is 7.44. The molecule has 1 fully saturated rings. The quantitative estimate of drug-likeness (QED) is 0.716. The Morgan fingerprint density at radius 1 is 1.35 bits per heavy atom. The second kappa shape index (κ2) is 7.29. The van der Waals surface area contributed by atoms with E-state index in [9.17, 15) is 4.79 Å². The Kier molecular flexibility index (Phi) is 5.41. The molecule has 1 aliphatic carbocycles. The summed E-state index contributed by atoms with van der Waals surface area (Å²) in [5.41, 5.74) is 1.67. The van der Waals surface area contributed by atoms with Crippen molar-refractivity contribution in [3.8, 4) is 0 Å². The molecule has 1 aromatic carbocycles. The van der Waals surface area contributed by atoms with Crippen LogP contribution in [-0.2, 0) is 0 Å². The van der Waals surface area contributed by atoms with E-state index in [1.165, 1.54) is 25.7 Å². The molecule has 1 saturated carbocycles. The van der Waals surface area contributed by atoms with Crippen LogP contribution in [0.1, 0.15) is 43.0 Å². The summed E-state index contributed by atoms with van der Waals surface area (Å²) in [6, 6.07) is 7.96. The molecule has 0 aromatic heterocycles. The Bertz CT molecular complexity index is 427. The highest BCUT2D eigenvalue weighted by Gasteiger charge is 2.19. The van der Waals surface area contributed by atoms with Crippen LogP contribution in [0.15, 0.2) is 24.3 Å². The summed E-state index contributed by atoms with van der Waals surface area (Å²) in [5, 5.41) is 14.8. The van der Waals surface area contributed by atoms with Crippen LogP contribution in [0.2, 0.25) is 0 Å². The Morgan fingerprint density at radius 3 is 2.60 bits per heavy atom. The van der Waals surface area contributed by atoms with E-state index >= 15 is 0 Å². The van der Waals surface area contributed by atoms with Crippen molar-refractivity contribution in [1.29, 1.82) is 0 Å². The highest BCUT2D eigenvalue weighted by Crippen LogP contribution is 2.31. The number of benzene rings is 1. The van der Waals surface area contributed by atoms with Gasteiger partial charge in [-0.3, -0.25) is 4.79 Å². The molecular formula is C16H24N2O2. The molecule has 1 unspecified atom stereocenters. The van der Waals surface area contributed by atoms with Crippen molar-refractivity contribution in [3.63, 3.8) is 0 Å². The second-order valence-electron chi connectivity index (χ2n) is 5.63. The molecule has 1 aliphatic rings. The molecule has 0 saturated heterocycles. The van der Waals surface area contributed by atoms with E-state index in [0.717, 1.165) is 11.6 Å². The summed E-state index contributed by atoms with van der Waals surface area (Å²) in [6.07, 6.45) is 5.35. The molecule has 2 rings (SSSR count). The molecule has 0 radical (unpaired) electrons. The van der Waals surface area contributed by atoms with Gasteiger partial charge in [0.15, 0.2) is 0 Å². The van der Waals surface area contributed by atoms with Crippen LogP contribution in [-0.4, -0.2) is 30.2 Å². The lowest BCUT2D eigenvalue weighted by molar-refractivity contribution is 0.0945. The average molecular weight is 276 g/mol. The van der Waals surface area contributed by atoms with Crippen LogP contribution in [0, 0.1) is 5.92 Å². The third-order valence-corrected chi connectivity index (χ3v) is 3.87. The average Bonchev–Trinajstić information content (AvgIpc) is 2.41. The minimum Gasteiger partial charge on any atom is -0.395 e. The van der Waals surface area contributed by atoms with Crippen molar-refractivity contribution in [2.45, 2.75) is 38.6 Å². The Hall–Kier alpha value is -1.55. The Labute approximate surface area is 120 Å². The van der Waals surface area contributed by atoms with E-state index in [2.05, 4.69) is 17.6 Å². The zero-order valence-electron chi connectivity index (χ0n) is 12.1. The number of aliphatic hydroxyl groups excluding tert-OH is 1. The SMILES string of the molecule is CC(CC1CCC1)Nc1ccc(C(=O)NCCO)cc1. The maximum atomic E-state index is 11.7. The highest BCUT2D eigenvalue weighted by atomic mass is 16.3. The van der Waals surface area contributed by atoms with Crippen molar-refractivity contribution in [3.05, 3.63) is 29.8 Å². The summed E-state index contributed by atoms with van der Waals surface area (Å²) in [5.74, 6) is 0.745. The van der Waals surface area contributed by atoms with Crippen LogP contribution < -0.4 is 10.6 Å². The number of anilines is 1. The van der Waals surface area contributed by atoms with Gasteiger partial charge in [-0.05, 0) is 43.5 Å². The molecule has 0 aliphatic heterocycles. The third-order valence-electron chi connectivity index (χ3n) is 3.87. The second-order valence-corrected chi connectivity index (χ2v) is 5.63. The van der Waals surface area contributed by atoms with Crippen LogP contribution in [0.25, 0.3) is 0 Å². The molecule has 1 atom stereocenters. The maximum absolute atomic E-state index is 11.7. The number of hydrogen-bond acceptors (Lipinski definition) is 3. The van der Waals surface area contributed by atoms with E-state index in [4.69, 9.17) is 5.11 Å². The van der Waals surface area contributed by atoms with Gasteiger partial charge in [0, 0.05) is 23.8 Å². The highest BCUT2D eigenvalue weighted by molar-refractivity contribution is 5.94. The van der Waals surface area contributed by atoms with Gasteiger partial charge in [-0.25, -0.2) is 0 Å². The number of carbonyl (C=O) groups excluding carboxylic acids is 1. The van der Waals surface area contributed by atoms with Gasteiger partial charge in [0.1, 0.15) is 0 Å². The van der Waals surface area contributed by atoms with Gasteiger partial charge in [-0.2, -0.15) is 0 Å². The number of nitrogens with one attached hydrogen (secondary N) is 2. The van der Waals surface area contributed by atoms with Gasteiger partial charge >= 0.3 is 0 Å². The summed E-state index contributed by atoms with van der Waals surface area (Å²) in [4.78, 5) is 11.7. The van der Waals surface area contributed by atoms with Gasteiger partial charge in [-0.1, -0.05) is 19.3 Å². The summed E-state index contributed by atoms with van der Waals surface area (Å²) < 4.78 is 0. The van der Waals surface area contributed by atoms with Crippen LogP contribution in [0.3, 0.4) is 0 Å². The standard InChI is InChI=1S/C16H24N2O2/c1-12(11-13-3-2-4-13)18-15-7-5-14(6-8-15)16(20)17-9-10-19/h5-8,12-13,18-19H,2-4,9-11H2,1H3,(H,17,20). The lowest BCUT2D eigenvalue weighted by Crippen LogP contribution is -2.26. The molecule has 0 bridgehead atoms. The van der Waals surface area contributed by atoms with E-state index in [-0.39, 0.29) is 19.1 Å². The number of amides is 1. The molecule has 1 amide bonds. The molecule has 110 valence electrons. The number of hydrogen-bond donors (Lipinski definition) is 3. The Morgan fingerprint density at radius 2 is 2.05 bits per heavy atom. The van der Waals surface area contributed by atoms with Gasteiger partial charge in [0.05, 0.1) is 6.61 Å². The summed E-state index contributed by atoms with van der Waals surface area (Å²) in [7, 11) is 0. The minimum absolute atomic E-state index is 0.0376. The van der Waals surface area contributed by atoms with Crippen molar-refractivity contribution >= 4 is 11.6 Å². The van der Waals surface area contributed by atoms with Crippen molar-refractivity contribution in [1.82, 2.24) is 5.32 Å². The predicted molar refractivity (Wildman–Crippen MR) is 80.9 cm³/mol. The fourth-order valence-electron chi connectivity index (χ4n) is 2.56. The number of rotatable bonds is 7. The van der Waals surface area contributed by atoms with Gasteiger partial charge < -0.3 is 15.7 Å². The smallest absolute Gasteiger partial charge is 0.251 e. The van der Waals surface area contributed by atoms with Crippen molar-refractivity contribution < 1.29 is 9.90 Å². The van der Waals surface area contributed by atoms with Gasteiger partial charge in [0.25, 0.3) is 5.91 Å². The van der Waals surface area contributed by atoms with Crippen LogP contribution in [0.4, 0.5) is 5.69 Å². The monoisotopic (exact) mass is 276 g/mol. The van der Waals surface area contributed by atoms with E-state index < -0.39 is 0 Å². The third kappa shape index (κ3) is 4.23. The van der Waals surface area contributed by atoms with Gasteiger partial charge in [0.2, 0.25) is 0 Å². The minimum atomic E-state index is -0.145. The lowest BCUT2D eigenvalue weighted by atomic mass is 9.81. The largest absolute Gasteiger partial charge is 0.395 e. The molecule has 0 spiro atoms. The molecular weight excluding hydrogens is 252 g/mol. The van der Waals surface area contributed by atoms with Crippen molar-refractivity contribution in [2.24, 2.45) is 5.92 Å². The molecule has 20 heavy (non-hydrogen) atoms. The number of aliphatic hydroxyl groups is 1. The normalized spacial score (nSPS) is 16.3. The zero-order valence-corrected chi connectivity index (χ0v) is 12.1. The zero-order chi connectivity index (χ0) is 14.4. The first kappa shape index (κ1) is 14.9. The summed E-state index contributed by atoms with van der Waals surface area (Å²) >= 11 is 0. The fraction of sp³-hybridized carbons (Fsp3) is 0.562. The first-order chi connectivity index (χ1) is 9.69. The molecule has 1 aromatic rings. The molecule has 4 nitrogen and oxygen atoms in total. The van der Waals surface area contributed by atoms with E-state index in [1.807, 2.05) is 24.3 Å². The van der Waals surface area contributed by atoms with Crippen LogP contribution >= 0.6 is 0 Å². The Balaban J connectivity index is 1.82. The first-order valence-corrected chi connectivity index (χ1v) is 7.44. The summed E-state index contributed by atoms with van der Waals surface area (Å²) in [6.45, 7) is 2.46. The predicted octanol–water partition coefficient (Wildman–Crippen LogP) is 2.40. The molecule has 0 heterocycles. The van der Waals surface area contributed by atoms with E-state index in [0.29, 0.717) is 11.6 Å². The number of carbonyl (C=O) groups is 1. The van der Waals surface area contributed by atoms with Crippen LogP contribution in [0.5, 0.6) is 0 Å². The lowest BCUT2D eigenvalue weighted by Gasteiger charge is -2.28. The van der Waals surface area contributed by atoms with Gasteiger partial charge in [-0.15, -0.1) is 0 Å². The molecule has 4 heteroatoms. The maximum Gasteiger partial charge on any atom is 0.251 e. The topological polar surface area (TPSA) is 61.4 Å². The van der Waals surface area contributed by atoms with Crippen molar-refractivity contribution in [2.75, 3.05) is 18.5 Å². The fourth-order valence-corrected chi connectivity index (χ4v) is 2.56. The van der Waals surface area contributed by atoms with E-state index in [1.54, 1.807) is 0 Å². The molecule has 3 N–H and O–H groups in total.